The molecule has 0 amide bonds. The van der Waals surface area contributed by atoms with E-state index < -0.39 is 5.97 Å². The second-order valence-electron chi connectivity index (χ2n) is 4.34. The van der Waals surface area contributed by atoms with E-state index in [0.29, 0.717) is 12.4 Å². The van der Waals surface area contributed by atoms with Gasteiger partial charge in [0.05, 0.1) is 11.1 Å². The molecule has 104 valence electrons. The molecule has 0 aromatic heterocycles. The third kappa shape index (κ3) is 5.89. The van der Waals surface area contributed by atoms with Crippen LogP contribution in [-0.4, -0.2) is 43.2 Å². The van der Waals surface area contributed by atoms with Gasteiger partial charge in [-0.25, -0.2) is 4.79 Å². The third-order valence-corrected chi connectivity index (χ3v) is 3.02. The van der Waals surface area contributed by atoms with Gasteiger partial charge in [-0.2, -0.15) is 0 Å². The van der Waals surface area contributed by atoms with Crippen LogP contribution >= 0.6 is 15.9 Å². The van der Waals surface area contributed by atoms with Gasteiger partial charge in [-0.1, -0.05) is 12.1 Å². The van der Waals surface area contributed by atoms with Gasteiger partial charge in [0.15, 0.2) is 0 Å². The number of rotatable bonds is 7. The fraction of sp³-hybridized carbons (Fsp3) is 0.357. The van der Waals surface area contributed by atoms with Gasteiger partial charge in [0, 0.05) is 18.2 Å². The van der Waals surface area contributed by atoms with E-state index in [2.05, 4.69) is 20.8 Å². The number of aliphatic carboxylic acids is 1. The lowest BCUT2D eigenvalue weighted by atomic mass is 10.2. The van der Waals surface area contributed by atoms with Gasteiger partial charge >= 0.3 is 5.97 Å². The van der Waals surface area contributed by atoms with Gasteiger partial charge in [-0.15, -0.1) is 0 Å². The maximum Gasteiger partial charge on any atom is 0.328 e. The van der Waals surface area contributed by atoms with Crippen LogP contribution in [0, 0.1) is 0 Å². The van der Waals surface area contributed by atoms with Crippen LogP contribution in [0.4, 0.5) is 0 Å². The molecule has 0 atom stereocenters. The highest BCUT2D eigenvalue weighted by molar-refractivity contribution is 9.10. The van der Waals surface area contributed by atoms with Crippen molar-refractivity contribution >= 4 is 28.0 Å². The molecule has 4 nitrogen and oxygen atoms in total. The summed E-state index contributed by atoms with van der Waals surface area (Å²) in [6.07, 6.45) is 3.55. The Morgan fingerprint density at radius 2 is 2.21 bits per heavy atom. The number of carboxylic acid groups (broad SMARTS) is 1. The molecule has 1 aromatic rings. The van der Waals surface area contributed by atoms with E-state index >= 15 is 0 Å². The Labute approximate surface area is 121 Å². The number of halogens is 1. The number of carbonyl (C=O) groups is 1. The van der Waals surface area contributed by atoms with E-state index in [0.717, 1.165) is 29.1 Å². The summed E-state index contributed by atoms with van der Waals surface area (Å²) in [6, 6.07) is 5.54. The third-order valence-electron chi connectivity index (χ3n) is 2.40. The molecule has 0 bridgehead atoms. The van der Waals surface area contributed by atoms with Gasteiger partial charge in [0.1, 0.15) is 5.75 Å². The quantitative estimate of drug-likeness (QED) is 0.618. The standard InChI is InChI=1S/C14H18BrNO3/c1-16(2)9-4-10-19-14-11(7-8-13(17)18)5-3-6-12(14)15/h3,5-8H,4,9-10H2,1-2H3,(H,17,18)/b8-7+. The molecule has 1 aromatic carbocycles. The predicted molar refractivity (Wildman–Crippen MR) is 79.5 cm³/mol. The van der Waals surface area contributed by atoms with Crippen LogP contribution in [-0.2, 0) is 4.79 Å². The molecule has 0 aliphatic heterocycles. The van der Waals surface area contributed by atoms with Crippen molar-refractivity contribution in [1.82, 2.24) is 4.90 Å². The Hall–Kier alpha value is -1.33. The smallest absolute Gasteiger partial charge is 0.328 e. The lowest BCUT2D eigenvalue weighted by Gasteiger charge is -2.13. The first-order chi connectivity index (χ1) is 9.00. The van der Waals surface area contributed by atoms with Gasteiger partial charge < -0.3 is 14.7 Å². The molecule has 0 saturated heterocycles. The molecule has 0 aliphatic rings. The van der Waals surface area contributed by atoms with Crippen LogP contribution in [0.2, 0.25) is 0 Å². The number of carboxylic acids is 1. The molecule has 0 fully saturated rings. The van der Waals surface area contributed by atoms with E-state index in [-0.39, 0.29) is 0 Å². The lowest BCUT2D eigenvalue weighted by Crippen LogP contribution is -2.15. The zero-order valence-corrected chi connectivity index (χ0v) is 12.7. The molecule has 0 aliphatic carbocycles. The number of hydrogen-bond acceptors (Lipinski definition) is 3. The van der Waals surface area contributed by atoms with Crippen LogP contribution < -0.4 is 4.74 Å². The highest BCUT2D eigenvalue weighted by Gasteiger charge is 2.06. The van der Waals surface area contributed by atoms with Crippen LogP contribution in [0.15, 0.2) is 28.7 Å². The predicted octanol–water partition coefficient (Wildman–Crippen LogP) is 2.88. The lowest BCUT2D eigenvalue weighted by molar-refractivity contribution is -0.131. The second kappa shape index (κ2) is 7.96. The summed E-state index contributed by atoms with van der Waals surface area (Å²) in [7, 11) is 4.03. The van der Waals surface area contributed by atoms with E-state index in [1.54, 1.807) is 0 Å². The molecule has 19 heavy (non-hydrogen) atoms. The summed E-state index contributed by atoms with van der Waals surface area (Å²) >= 11 is 3.42. The Bertz CT molecular complexity index is 458. The summed E-state index contributed by atoms with van der Waals surface area (Å²) in [5.74, 6) is -0.294. The molecular formula is C14H18BrNO3. The average Bonchev–Trinajstić information content (AvgIpc) is 2.33. The zero-order valence-electron chi connectivity index (χ0n) is 11.1. The Kier molecular flexibility index (Phi) is 6.59. The minimum Gasteiger partial charge on any atom is -0.492 e. The van der Waals surface area contributed by atoms with Crippen LogP contribution in [0.5, 0.6) is 5.75 Å². The van der Waals surface area contributed by atoms with Crippen molar-refractivity contribution in [3.63, 3.8) is 0 Å². The van der Waals surface area contributed by atoms with Crippen LogP contribution in [0.25, 0.3) is 6.08 Å². The second-order valence-corrected chi connectivity index (χ2v) is 5.19. The number of nitrogens with zero attached hydrogens (tertiary/aromatic N) is 1. The summed E-state index contributed by atoms with van der Waals surface area (Å²) in [6.45, 7) is 1.54. The Morgan fingerprint density at radius 3 is 2.84 bits per heavy atom. The van der Waals surface area contributed by atoms with E-state index in [9.17, 15) is 4.79 Å². The minimum absolute atomic E-state index is 0.592. The normalized spacial score (nSPS) is 11.2. The molecule has 0 spiro atoms. The zero-order chi connectivity index (χ0) is 14.3. The van der Waals surface area contributed by atoms with Crippen molar-refractivity contribution < 1.29 is 14.6 Å². The Morgan fingerprint density at radius 1 is 1.47 bits per heavy atom. The van der Waals surface area contributed by atoms with E-state index in [4.69, 9.17) is 9.84 Å². The summed E-state index contributed by atoms with van der Waals surface area (Å²) in [4.78, 5) is 12.7. The van der Waals surface area contributed by atoms with Gasteiger partial charge in [0.25, 0.3) is 0 Å². The molecular weight excluding hydrogens is 310 g/mol. The first-order valence-corrected chi connectivity index (χ1v) is 6.77. The molecule has 1 N–H and O–H groups in total. The summed E-state index contributed by atoms with van der Waals surface area (Å²) in [5.41, 5.74) is 0.752. The van der Waals surface area contributed by atoms with Crippen molar-refractivity contribution in [1.29, 1.82) is 0 Å². The SMILES string of the molecule is CN(C)CCCOc1c(Br)cccc1/C=C/C(=O)O. The summed E-state index contributed by atoms with van der Waals surface area (Å²) < 4.78 is 6.56. The summed E-state index contributed by atoms with van der Waals surface area (Å²) in [5, 5.41) is 8.67. The Balaban J connectivity index is 2.72. The number of hydrogen-bond donors (Lipinski definition) is 1. The van der Waals surface area contributed by atoms with Gasteiger partial charge in [-0.3, -0.25) is 0 Å². The van der Waals surface area contributed by atoms with Crippen molar-refractivity contribution in [2.75, 3.05) is 27.2 Å². The maximum atomic E-state index is 10.6. The van der Waals surface area contributed by atoms with E-state index in [1.807, 2.05) is 32.3 Å². The first kappa shape index (κ1) is 15.7. The topological polar surface area (TPSA) is 49.8 Å². The highest BCUT2D eigenvalue weighted by Crippen LogP contribution is 2.30. The van der Waals surface area contributed by atoms with Gasteiger partial charge in [0.2, 0.25) is 0 Å². The maximum absolute atomic E-state index is 10.6. The average molecular weight is 328 g/mol. The van der Waals surface area contributed by atoms with E-state index in [1.165, 1.54) is 6.08 Å². The molecule has 0 saturated carbocycles. The van der Waals surface area contributed by atoms with Crippen molar-refractivity contribution in [3.8, 4) is 5.75 Å². The molecule has 5 heteroatoms. The van der Waals surface area contributed by atoms with Crippen molar-refractivity contribution in [2.45, 2.75) is 6.42 Å². The van der Waals surface area contributed by atoms with Crippen LogP contribution in [0.3, 0.4) is 0 Å². The molecule has 0 heterocycles. The molecule has 0 radical (unpaired) electrons. The number of ether oxygens (including phenoxy) is 1. The largest absolute Gasteiger partial charge is 0.492 e. The molecule has 1 rings (SSSR count). The number of para-hydroxylation sites is 1. The van der Waals surface area contributed by atoms with Crippen molar-refractivity contribution in [3.05, 3.63) is 34.3 Å². The van der Waals surface area contributed by atoms with Crippen LogP contribution in [0.1, 0.15) is 12.0 Å². The fourth-order valence-corrected chi connectivity index (χ4v) is 2.02. The number of benzene rings is 1. The molecule has 0 unspecified atom stereocenters. The van der Waals surface area contributed by atoms with Gasteiger partial charge in [-0.05, 0) is 48.6 Å². The van der Waals surface area contributed by atoms with Crippen molar-refractivity contribution in [2.24, 2.45) is 0 Å². The fourth-order valence-electron chi connectivity index (χ4n) is 1.53. The minimum atomic E-state index is -0.974. The highest BCUT2D eigenvalue weighted by atomic mass is 79.9. The monoisotopic (exact) mass is 327 g/mol. The first-order valence-electron chi connectivity index (χ1n) is 5.97.